The monoisotopic (exact) mass is 445 g/mol. The van der Waals surface area contributed by atoms with Gasteiger partial charge in [0.1, 0.15) is 0 Å². The summed E-state index contributed by atoms with van der Waals surface area (Å²) < 4.78 is 1.52. The molecular weight excluding hydrogens is 430 g/mol. The largest absolute Gasteiger partial charge is 0.338 e. The van der Waals surface area contributed by atoms with Crippen LogP contribution in [0, 0.1) is 10.1 Å². The topological polar surface area (TPSA) is 76.3 Å². The number of halogens is 1. The van der Waals surface area contributed by atoms with Crippen molar-refractivity contribution in [1.29, 1.82) is 0 Å². The molecule has 1 aliphatic heterocycles. The lowest BCUT2D eigenvalue weighted by molar-refractivity contribution is -0.385. The van der Waals surface area contributed by atoms with Gasteiger partial charge < -0.3 is 4.90 Å². The molecule has 0 N–H and O–H groups in total. The van der Waals surface area contributed by atoms with Crippen LogP contribution in [0.2, 0.25) is 0 Å². The van der Waals surface area contributed by atoms with Crippen LogP contribution in [0.4, 0.5) is 5.69 Å². The normalized spacial score (nSPS) is 17.2. The number of nitrogens with zero attached hydrogens (tertiary/aromatic N) is 3. The summed E-state index contributed by atoms with van der Waals surface area (Å²) in [5, 5.41) is 12.2. The predicted octanol–water partition coefficient (Wildman–Crippen LogP) is 4.99. The van der Waals surface area contributed by atoms with Crippen molar-refractivity contribution in [3.05, 3.63) is 67.6 Å². The molecule has 3 aromatic rings. The molecule has 1 fully saturated rings. The fourth-order valence-corrected chi connectivity index (χ4v) is 4.88. The highest BCUT2D eigenvalue weighted by atomic mass is 79.9. The molecule has 1 amide bonds. The molecule has 2 heterocycles. The number of thiazole rings is 1. The molecule has 0 bridgehead atoms. The number of fused-ring (bicyclic) bond motifs is 1. The summed E-state index contributed by atoms with van der Waals surface area (Å²) in [6, 6.07) is 12.6. The van der Waals surface area contributed by atoms with Crippen molar-refractivity contribution in [2.75, 3.05) is 13.1 Å². The molecule has 0 radical (unpaired) electrons. The number of nitro groups is 1. The molecule has 1 saturated heterocycles. The second kappa shape index (κ2) is 7.36. The summed E-state index contributed by atoms with van der Waals surface area (Å²) in [5.74, 6) is 0.0296. The van der Waals surface area contributed by atoms with Gasteiger partial charge in [-0.1, -0.05) is 12.1 Å². The van der Waals surface area contributed by atoms with Crippen molar-refractivity contribution < 1.29 is 9.72 Å². The van der Waals surface area contributed by atoms with Crippen LogP contribution in [-0.2, 0) is 0 Å². The van der Waals surface area contributed by atoms with E-state index in [2.05, 4.69) is 22.0 Å². The zero-order chi connectivity index (χ0) is 19.0. The number of benzene rings is 2. The number of hydrogen-bond donors (Lipinski definition) is 0. The lowest BCUT2D eigenvalue weighted by atomic mass is 9.98. The lowest BCUT2D eigenvalue weighted by Gasteiger charge is -2.31. The fraction of sp³-hybridized carbons (Fsp3) is 0.263. The Morgan fingerprint density at radius 2 is 2.11 bits per heavy atom. The van der Waals surface area contributed by atoms with Crippen molar-refractivity contribution >= 4 is 49.1 Å². The standard InChI is InChI=1S/C19H16BrN3O3S/c20-14-8-7-12(10-16(14)23(25)26)19(24)22-9-3-4-13(11-22)18-21-15-5-1-2-6-17(15)27-18/h1-2,5-8,10,13H,3-4,9,11H2/t13-/m0/s1. The smallest absolute Gasteiger partial charge is 0.284 e. The molecule has 6 nitrogen and oxygen atoms in total. The number of para-hydroxylation sites is 1. The number of likely N-dealkylation sites (tertiary alicyclic amines) is 1. The van der Waals surface area contributed by atoms with E-state index in [0.717, 1.165) is 28.1 Å². The Kier molecular flexibility index (Phi) is 4.92. The van der Waals surface area contributed by atoms with Gasteiger partial charge in [-0.05, 0) is 53.0 Å². The van der Waals surface area contributed by atoms with Crippen molar-refractivity contribution in [2.45, 2.75) is 18.8 Å². The Morgan fingerprint density at radius 1 is 1.30 bits per heavy atom. The third-order valence-corrected chi connectivity index (χ3v) is 6.63. The van der Waals surface area contributed by atoms with Crippen molar-refractivity contribution in [3.8, 4) is 0 Å². The number of rotatable bonds is 3. The van der Waals surface area contributed by atoms with E-state index >= 15 is 0 Å². The Morgan fingerprint density at radius 3 is 2.89 bits per heavy atom. The molecule has 0 saturated carbocycles. The van der Waals surface area contributed by atoms with Gasteiger partial charge in [0.2, 0.25) is 0 Å². The first-order chi connectivity index (χ1) is 13.0. The molecule has 1 atom stereocenters. The maximum atomic E-state index is 12.9. The highest BCUT2D eigenvalue weighted by molar-refractivity contribution is 9.10. The van der Waals surface area contributed by atoms with Gasteiger partial charge >= 0.3 is 0 Å². The third-order valence-electron chi connectivity index (χ3n) is 4.76. The second-order valence-electron chi connectivity index (χ2n) is 6.53. The number of hydrogen-bond acceptors (Lipinski definition) is 5. The minimum atomic E-state index is -0.485. The van der Waals surface area contributed by atoms with Gasteiger partial charge in [-0.25, -0.2) is 4.98 Å². The van der Waals surface area contributed by atoms with Crippen LogP contribution in [0.25, 0.3) is 10.2 Å². The molecule has 0 spiro atoms. The van der Waals surface area contributed by atoms with Crippen LogP contribution in [0.5, 0.6) is 0 Å². The molecule has 0 unspecified atom stereocenters. The summed E-state index contributed by atoms with van der Waals surface area (Å²) >= 11 is 4.84. The maximum absolute atomic E-state index is 12.9. The lowest BCUT2D eigenvalue weighted by Crippen LogP contribution is -2.39. The van der Waals surface area contributed by atoms with Gasteiger partial charge in [0, 0.05) is 30.6 Å². The van der Waals surface area contributed by atoms with Gasteiger partial charge in [0.15, 0.2) is 0 Å². The zero-order valence-electron chi connectivity index (χ0n) is 14.3. The van der Waals surface area contributed by atoms with E-state index in [1.807, 2.05) is 18.2 Å². The van der Waals surface area contributed by atoms with Crippen LogP contribution in [0.15, 0.2) is 46.9 Å². The van der Waals surface area contributed by atoms with Gasteiger partial charge in [-0.2, -0.15) is 0 Å². The van der Waals surface area contributed by atoms with Crippen molar-refractivity contribution in [1.82, 2.24) is 9.88 Å². The highest BCUT2D eigenvalue weighted by Crippen LogP contribution is 2.34. The van der Waals surface area contributed by atoms with Crippen molar-refractivity contribution in [2.24, 2.45) is 0 Å². The SMILES string of the molecule is O=C(c1ccc(Br)c([N+](=O)[O-])c1)N1CCC[C@H](c2nc3ccccc3s2)C1. The van der Waals surface area contributed by atoms with E-state index in [-0.39, 0.29) is 17.5 Å². The molecular formula is C19H16BrN3O3S. The van der Waals surface area contributed by atoms with Gasteiger partial charge in [0.05, 0.1) is 24.6 Å². The molecule has 8 heteroatoms. The predicted molar refractivity (Wildman–Crippen MR) is 108 cm³/mol. The van der Waals surface area contributed by atoms with Crippen LogP contribution < -0.4 is 0 Å². The number of amides is 1. The van der Waals surface area contributed by atoms with Crippen molar-refractivity contribution in [3.63, 3.8) is 0 Å². The zero-order valence-corrected chi connectivity index (χ0v) is 16.7. The number of aromatic nitrogens is 1. The number of carbonyl (C=O) groups excluding carboxylic acids is 1. The van der Waals surface area contributed by atoms with Crippen LogP contribution in [0.3, 0.4) is 0 Å². The minimum Gasteiger partial charge on any atom is -0.338 e. The number of nitro benzene ring substituents is 1. The summed E-state index contributed by atoms with van der Waals surface area (Å²) in [7, 11) is 0. The summed E-state index contributed by atoms with van der Waals surface area (Å²) in [4.78, 5) is 30.1. The van der Waals surface area contributed by atoms with Gasteiger partial charge in [-0.3, -0.25) is 14.9 Å². The Balaban J connectivity index is 1.56. The average Bonchev–Trinajstić information content (AvgIpc) is 3.12. The van der Waals surface area contributed by atoms with Crippen LogP contribution in [-0.4, -0.2) is 33.8 Å². The van der Waals surface area contributed by atoms with E-state index in [0.29, 0.717) is 23.1 Å². The highest BCUT2D eigenvalue weighted by Gasteiger charge is 2.28. The Labute approximate surface area is 168 Å². The maximum Gasteiger partial charge on any atom is 0.284 e. The molecule has 27 heavy (non-hydrogen) atoms. The van der Waals surface area contributed by atoms with E-state index in [4.69, 9.17) is 4.98 Å². The Bertz CT molecular complexity index is 1000. The van der Waals surface area contributed by atoms with Gasteiger partial charge in [-0.15, -0.1) is 11.3 Å². The quantitative estimate of drug-likeness (QED) is 0.420. The van der Waals surface area contributed by atoms with E-state index < -0.39 is 4.92 Å². The van der Waals surface area contributed by atoms with Gasteiger partial charge in [0.25, 0.3) is 11.6 Å². The molecule has 1 aliphatic rings. The first kappa shape index (κ1) is 18.1. The van der Waals surface area contributed by atoms with Crippen LogP contribution >= 0.6 is 27.3 Å². The summed E-state index contributed by atoms with van der Waals surface area (Å²) in [5.41, 5.74) is 1.24. The van der Waals surface area contributed by atoms with E-state index in [9.17, 15) is 14.9 Å². The summed E-state index contributed by atoms with van der Waals surface area (Å²) in [6.07, 6.45) is 1.88. The number of carbonyl (C=O) groups is 1. The number of piperidine rings is 1. The summed E-state index contributed by atoms with van der Waals surface area (Å²) in [6.45, 7) is 1.24. The second-order valence-corrected chi connectivity index (χ2v) is 8.45. The average molecular weight is 446 g/mol. The molecule has 138 valence electrons. The first-order valence-electron chi connectivity index (χ1n) is 8.61. The van der Waals surface area contributed by atoms with Crippen LogP contribution in [0.1, 0.15) is 34.1 Å². The molecule has 1 aromatic heterocycles. The fourth-order valence-electron chi connectivity index (χ4n) is 3.40. The van der Waals surface area contributed by atoms with E-state index in [1.165, 1.54) is 6.07 Å². The minimum absolute atomic E-state index is 0.0967. The third kappa shape index (κ3) is 3.59. The molecule has 4 rings (SSSR count). The van der Waals surface area contributed by atoms with E-state index in [1.54, 1.807) is 28.4 Å². The molecule has 0 aliphatic carbocycles. The first-order valence-corrected chi connectivity index (χ1v) is 10.2. The Hall–Kier alpha value is -2.32. The molecule has 2 aromatic carbocycles.